The van der Waals surface area contributed by atoms with Crippen LogP contribution < -0.4 is 0 Å². The molecule has 0 bridgehead atoms. The van der Waals surface area contributed by atoms with Crippen LogP contribution in [0.25, 0.3) is 0 Å². The van der Waals surface area contributed by atoms with Crippen LogP contribution >= 0.6 is 0 Å². The van der Waals surface area contributed by atoms with Gasteiger partial charge in [0, 0.05) is 0 Å². The lowest BCUT2D eigenvalue weighted by molar-refractivity contribution is 0.518. The van der Waals surface area contributed by atoms with Gasteiger partial charge in [-0.15, -0.1) is 0 Å². The third-order valence-corrected chi connectivity index (χ3v) is 3.84. The molecule has 0 aliphatic carbocycles. The Labute approximate surface area is 131 Å². The summed E-state index contributed by atoms with van der Waals surface area (Å²) in [5.74, 6) is 0.904. The second kappa shape index (κ2) is 21.3. The Bertz CT molecular complexity index is 129. The number of hydrogen-bond donors (Lipinski definition) is 0. The average molecular weight is 285 g/mol. The molecule has 20 heavy (non-hydrogen) atoms. The van der Waals surface area contributed by atoms with Crippen molar-refractivity contribution < 1.29 is 0 Å². The van der Waals surface area contributed by atoms with Crippen molar-refractivity contribution in [2.24, 2.45) is 5.92 Å². The van der Waals surface area contributed by atoms with Gasteiger partial charge in [-0.2, -0.15) is 0 Å². The van der Waals surface area contributed by atoms with Gasteiger partial charge in [0.15, 0.2) is 0 Å². The quantitative estimate of drug-likeness (QED) is 0.299. The van der Waals surface area contributed by atoms with Crippen LogP contribution in [-0.4, -0.2) is 0 Å². The minimum atomic E-state index is 0.904. The zero-order valence-electron chi connectivity index (χ0n) is 15.5. The molecule has 0 heterocycles. The van der Waals surface area contributed by atoms with E-state index in [1.165, 1.54) is 89.9 Å². The molecule has 0 amide bonds. The van der Waals surface area contributed by atoms with Gasteiger partial charge in [0.1, 0.15) is 0 Å². The molecule has 0 N–H and O–H groups in total. The van der Waals surface area contributed by atoms with E-state index in [0.29, 0.717) is 0 Å². The van der Waals surface area contributed by atoms with Gasteiger partial charge in [0.2, 0.25) is 0 Å². The summed E-state index contributed by atoms with van der Waals surface area (Å²) in [5, 5.41) is 0. The lowest BCUT2D eigenvalue weighted by Gasteiger charge is -2.02. The molecule has 0 radical (unpaired) electrons. The maximum Gasteiger partial charge on any atom is -0.0471 e. The highest BCUT2D eigenvalue weighted by atomic mass is 14.0. The van der Waals surface area contributed by atoms with Crippen LogP contribution in [0.3, 0.4) is 0 Å². The molecular weight excluding hydrogens is 240 g/mol. The fraction of sp³-hybridized carbons (Fsp3) is 1.00. The SMILES string of the molecule is CCCCCCCC(C)C.CCCCCCCCCC. The van der Waals surface area contributed by atoms with E-state index < -0.39 is 0 Å². The van der Waals surface area contributed by atoms with Gasteiger partial charge < -0.3 is 0 Å². The van der Waals surface area contributed by atoms with Crippen LogP contribution in [-0.2, 0) is 0 Å². The van der Waals surface area contributed by atoms with Crippen molar-refractivity contribution >= 4 is 0 Å². The van der Waals surface area contributed by atoms with Crippen molar-refractivity contribution in [1.82, 2.24) is 0 Å². The second-order valence-corrected chi connectivity index (χ2v) is 6.72. The molecule has 0 nitrogen and oxygen atoms in total. The molecule has 0 aromatic carbocycles. The lowest BCUT2D eigenvalue weighted by atomic mass is 10.0. The van der Waals surface area contributed by atoms with Crippen LogP contribution in [0.15, 0.2) is 0 Å². The molecular formula is C20H44. The molecule has 0 fully saturated rings. The first-order chi connectivity index (χ1) is 9.68. The molecule has 0 heteroatoms. The van der Waals surface area contributed by atoms with Crippen LogP contribution in [0.4, 0.5) is 0 Å². The molecule has 0 rings (SSSR count). The average Bonchev–Trinajstić information content (AvgIpc) is 2.43. The van der Waals surface area contributed by atoms with Gasteiger partial charge in [-0.3, -0.25) is 0 Å². The van der Waals surface area contributed by atoms with E-state index >= 15 is 0 Å². The minimum Gasteiger partial charge on any atom is -0.0654 e. The predicted octanol–water partition coefficient (Wildman–Crippen LogP) is 8.15. The van der Waals surface area contributed by atoms with Crippen LogP contribution in [0, 0.1) is 5.92 Å². The fourth-order valence-corrected chi connectivity index (χ4v) is 2.36. The van der Waals surface area contributed by atoms with Gasteiger partial charge in [-0.05, 0) is 5.92 Å². The third kappa shape index (κ3) is 26.5. The molecule has 0 atom stereocenters. The van der Waals surface area contributed by atoms with E-state index in [1.54, 1.807) is 0 Å². The topological polar surface area (TPSA) is 0 Å². The smallest absolute Gasteiger partial charge is 0.0471 e. The number of unbranched alkanes of at least 4 members (excludes halogenated alkanes) is 11. The molecule has 0 aromatic rings. The summed E-state index contributed by atoms with van der Waals surface area (Å²) in [6.07, 6.45) is 20.0. The van der Waals surface area contributed by atoms with E-state index in [0.717, 1.165) is 5.92 Å². The first kappa shape index (κ1) is 22.3. The normalized spacial score (nSPS) is 10.5. The Kier molecular flexibility index (Phi) is 23.7. The maximum absolute atomic E-state index is 2.31. The number of rotatable bonds is 13. The van der Waals surface area contributed by atoms with Crippen LogP contribution in [0.5, 0.6) is 0 Å². The van der Waals surface area contributed by atoms with E-state index in [4.69, 9.17) is 0 Å². The van der Waals surface area contributed by atoms with Gasteiger partial charge in [-0.25, -0.2) is 0 Å². The summed E-state index contributed by atoms with van der Waals surface area (Å²) >= 11 is 0. The summed E-state index contributed by atoms with van der Waals surface area (Å²) < 4.78 is 0. The van der Waals surface area contributed by atoms with Crippen molar-refractivity contribution in [2.45, 2.75) is 125 Å². The Morgan fingerprint density at radius 3 is 1.05 bits per heavy atom. The van der Waals surface area contributed by atoms with Gasteiger partial charge >= 0.3 is 0 Å². The Hall–Kier alpha value is 0. The van der Waals surface area contributed by atoms with Crippen molar-refractivity contribution in [3.63, 3.8) is 0 Å². The molecule has 0 saturated carbocycles. The molecule has 0 aliphatic rings. The van der Waals surface area contributed by atoms with E-state index in [9.17, 15) is 0 Å². The second-order valence-electron chi connectivity index (χ2n) is 6.72. The van der Waals surface area contributed by atoms with E-state index in [2.05, 4.69) is 34.6 Å². The zero-order valence-corrected chi connectivity index (χ0v) is 15.5. The molecule has 0 unspecified atom stereocenters. The third-order valence-electron chi connectivity index (χ3n) is 3.84. The highest BCUT2D eigenvalue weighted by molar-refractivity contribution is 4.47. The predicted molar refractivity (Wildman–Crippen MR) is 96.5 cm³/mol. The molecule has 124 valence electrons. The van der Waals surface area contributed by atoms with Gasteiger partial charge in [0.25, 0.3) is 0 Å². The van der Waals surface area contributed by atoms with Crippen molar-refractivity contribution in [3.05, 3.63) is 0 Å². The van der Waals surface area contributed by atoms with Crippen LogP contribution in [0.2, 0.25) is 0 Å². The molecule has 0 saturated heterocycles. The van der Waals surface area contributed by atoms with Crippen molar-refractivity contribution in [3.8, 4) is 0 Å². The van der Waals surface area contributed by atoms with Crippen LogP contribution in [0.1, 0.15) is 125 Å². The highest BCUT2D eigenvalue weighted by Crippen LogP contribution is 2.10. The zero-order chi connectivity index (χ0) is 15.5. The Balaban J connectivity index is 0. The van der Waals surface area contributed by atoms with Crippen molar-refractivity contribution in [2.75, 3.05) is 0 Å². The summed E-state index contributed by atoms with van der Waals surface area (Å²) in [5.41, 5.74) is 0. The monoisotopic (exact) mass is 284 g/mol. The summed E-state index contributed by atoms with van der Waals surface area (Å²) in [7, 11) is 0. The molecule has 0 aromatic heterocycles. The Morgan fingerprint density at radius 1 is 0.450 bits per heavy atom. The maximum atomic E-state index is 2.31. The summed E-state index contributed by atoms with van der Waals surface area (Å²) in [6.45, 7) is 11.4. The minimum absolute atomic E-state index is 0.904. The fourth-order valence-electron chi connectivity index (χ4n) is 2.36. The summed E-state index contributed by atoms with van der Waals surface area (Å²) in [6, 6.07) is 0. The molecule has 0 aliphatic heterocycles. The highest BCUT2D eigenvalue weighted by Gasteiger charge is 1.92. The largest absolute Gasteiger partial charge is 0.0654 e. The Morgan fingerprint density at radius 2 is 0.750 bits per heavy atom. The summed E-state index contributed by atoms with van der Waals surface area (Å²) in [4.78, 5) is 0. The standard InChI is InChI=1S/2C10H22/c1-4-5-6-7-8-9-10(2)3;1-3-5-7-9-10-8-6-4-2/h10H,4-9H2,1-3H3;3-10H2,1-2H3. The van der Waals surface area contributed by atoms with Crippen molar-refractivity contribution in [1.29, 1.82) is 0 Å². The first-order valence-electron chi connectivity index (χ1n) is 9.68. The van der Waals surface area contributed by atoms with E-state index in [1.807, 2.05) is 0 Å². The first-order valence-corrected chi connectivity index (χ1v) is 9.68. The van der Waals surface area contributed by atoms with Gasteiger partial charge in [0.05, 0.1) is 0 Å². The number of hydrogen-bond acceptors (Lipinski definition) is 0. The molecule has 0 spiro atoms. The van der Waals surface area contributed by atoms with E-state index in [-0.39, 0.29) is 0 Å². The van der Waals surface area contributed by atoms with Gasteiger partial charge in [-0.1, -0.05) is 125 Å². The lowest BCUT2D eigenvalue weighted by Crippen LogP contribution is -1.86.